The molecule has 0 spiro atoms. The standard InChI is InChI=1S/C16H17N3O2S/c1-19(16(10-17)7-4-8-16)14(20)9-13-15(21)18-11-5-2-3-6-12(11)22-13/h2-3,5-6,13H,4,7-9H2,1H3,(H,18,21). The van der Waals surface area contributed by atoms with Crippen molar-refractivity contribution in [2.24, 2.45) is 0 Å². The van der Waals surface area contributed by atoms with Gasteiger partial charge >= 0.3 is 0 Å². The number of nitriles is 1. The number of fused-ring (bicyclic) bond motifs is 1. The SMILES string of the molecule is CN(C(=O)CC1Sc2ccccc2NC1=O)C1(C#N)CCC1. The van der Waals surface area contributed by atoms with Gasteiger partial charge in [0.2, 0.25) is 11.8 Å². The fourth-order valence-electron chi connectivity index (χ4n) is 2.80. The van der Waals surface area contributed by atoms with E-state index in [0.717, 1.165) is 29.8 Å². The van der Waals surface area contributed by atoms with Crippen LogP contribution in [0.25, 0.3) is 0 Å². The fraction of sp³-hybridized carbons (Fsp3) is 0.438. The molecule has 1 aliphatic heterocycles. The number of hydrogen-bond donors (Lipinski definition) is 1. The molecule has 1 aromatic carbocycles. The molecule has 3 rings (SSSR count). The molecule has 0 saturated heterocycles. The van der Waals surface area contributed by atoms with E-state index < -0.39 is 10.8 Å². The van der Waals surface area contributed by atoms with Crippen molar-refractivity contribution in [3.63, 3.8) is 0 Å². The molecular weight excluding hydrogens is 298 g/mol. The van der Waals surface area contributed by atoms with E-state index in [2.05, 4.69) is 11.4 Å². The fourth-order valence-corrected chi connectivity index (χ4v) is 3.90. The second kappa shape index (κ2) is 5.65. The van der Waals surface area contributed by atoms with Gasteiger partial charge in [-0.05, 0) is 31.4 Å². The van der Waals surface area contributed by atoms with Crippen LogP contribution in [0.1, 0.15) is 25.7 Å². The van der Waals surface area contributed by atoms with Gasteiger partial charge in [-0.15, -0.1) is 11.8 Å². The number of rotatable bonds is 3. The Hall–Kier alpha value is -2.00. The van der Waals surface area contributed by atoms with Crippen LogP contribution in [0.4, 0.5) is 5.69 Å². The molecule has 114 valence electrons. The topological polar surface area (TPSA) is 73.2 Å². The Morgan fingerprint density at radius 2 is 2.23 bits per heavy atom. The minimum absolute atomic E-state index is 0.116. The molecule has 1 N–H and O–H groups in total. The summed E-state index contributed by atoms with van der Waals surface area (Å²) in [6.07, 6.45) is 2.53. The van der Waals surface area contributed by atoms with E-state index in [1.54, 1.807) is 7.05 Å². The van der Waals surface area contributed by atoms with Crippen LogP contribution in [0.5, 0.6) is 0 Å². The smallest absolute Gasteiger partial charge is 0.238 e. The first-order valence-electron chi connectivity index (χ1n) is 7.30. The molecule has 1 aliphatic carbocycles. The van der Waals surface area contributed by atoms with Gasteiger partial charge in [-0.1, -0.05) is 12.1 Å². The Labute approximate surface area is 133 Å². The van der Waals surface area contributed by atoms with Crippen molar-refractivity contribution in [1.82, 2.24) is 4.90 Å². The number of benzene rings is 1. The molecule has 22 heavy (non-hydrogen) atoms. The lowest BCUT2D eigenvalue weighted by molar-refractivity contribution is -0.137. The molecule has 1 saturated carbocycles. The summed E-state index contributed by atoms with van der Waals surface area (Å²) < 4.78 is 0. The largest absolute Gasteiger partial charge is 0.327 e. The number of anilines is 1. The molecule has 0 bridgehead atoms. The summed E-state index contributed by atoms with van der Waals surface area (Å²) >= 11 is 1.41. The van der Waals surface area contributed by atoms with Crippen LogP contribution in [-0.2, 0) is 9.59 Å². The maximum Gasteiger partial charge on any atom is 0.238 e. The van der Waals surface area contributed by atoms with Gasteiger partial charge in [-0.2, -0.15) is 5.26 Å². The van der Waals surface area contributed by atoms with Crippen LogP contribution < -0.4 is 5.32 Å². The molecule has 1 atom stereocenters. The van der Waals surface area contributed by atoms with E-state index in [1.165, 1.54) is 16.7 Å². The van der Waals surface area contributed by atoms with Crippen molar-refractivity contribution >= 4 is 29.3 Å². The van der Waals surface area contributed by atoms with Crippen molar-refractivity contribution < 1.29 is 9.59 Å². The highest BCUT2D eigenvalue weighted by Crippen LogP contribution is 2.39. The Morgan fingerprint density at radius 1 is 1.50 bits per heavy atom. The third-order valence-corrected chi connectivity index (χ3v) is 5.75. The van der Waals surface area contributed by atoms with E-state index >= 15 is 0 Å². The number of amides is 2. The summed E-state index contributed by atoms with van der Waals surface area (Å²) in [5, 5.41) is 11.7. The van der Waals surface area contributed by atoms with Gasteiger partial charge in [0.1, 0.15) is 5.54 Å². The Bertz CT molecular complexity index is 664. The second-order valence-electron chi connectivity index (χ2n) is 5.75. The highest BCUT2D eigenvalue weighted by molar-refractivity contribution is 8.01. The molecule has 1 fully saturated rings. The second-order valence-corrected chi connectivity index (χ2v) is 6.99. The minimum Gasteiger partial charge on any atom is -0.327 e. The van der Waals surface area contributed by atoms with E-state index in [1.807, 2.05) is 24.3 Å². The molecule has 1 unspecified atom stereocenters. The molecule has 0 radical (unpaired) electrons. The van der Waals surface area contributed by atoms with Crippen molar-refractivity contribution in [2.75, 3.05) is 12.4 Å². The van der Waals surface area contributed by atoms with Crippen LogP contribution in [0.2, 0.25) is 0 Å². The Morgan fingerprint density at radius 3 is 2.86 bits per heavy atom. The zero-order valence-corrected chi connectivity index (χ0v) is 13.2. The first-order valence-corrected chi connectivity index (χ1v) is 8.18. The van der Waals surface area contributed by atoms with Gasteiger partial charge in [0.05, 0.1) is 17.0 Å². The average molecular weight is 315 g/mol. The van der Waals surface area contributed by atoms with Crippen LogP contribution in [0.15, 0.2) is 29.2 Å². The lowest BCUT2D eigenvalue weighted by Gasteiger charge is -2.43. The Kier molecular flexibility index (Phi) is 3.83. The molecule has 1 aromatic rings. The molecular formula is C16H17N3O2S. The highest BCUT2D eigenvalue weighted by Gasteiger charge is 2.44. The average Bonchev–Trinajstić information content (AvgIpc) is 2.47. The van der Waals surface area contributed by atoms with Crippen LogP contribution in [0.3, 0.4) is 0 Å². The summed E-state index contributed by atoms with van der Waals surface area (Å²) in [6, 6.07) is 9.82. The summed E-state index contributed by atoms with van der Waals surface area (Å²) in [7, 11) is 1.67. The quantitative estimate of drug-likeness (QED) is 0.929. The molecule has 2 aliphatic rings. The highest BCUT2D eigenvalue weighted by atomic mass is 32.2. The number of carbonyl (C=O) groups is 2. The van der Waals surface area contributed by atoms with E-state index in [9.17, 15) is 14.9 Å². The van der Waals surface area contributed by atoms with Gasteiger partial charge in [-0.3, -0.25) is 9.59 Å². The van der Waals surface area contributed by atoms with E-state index in [4.69, 9.17) is 0 Å². The Balaban J connectivity index is 1.70. The number of nitrogens with one attached hydrogen (secondary N) is 1. The van der Waals surface area contributed by atoms with Crippen molar-refractivity contribution in [2.45, 2.75) is 41.4 Å². The maximum atomic E-state index is 12.4. The van der Waals surface area contributed by atoms with Gasteiger partial charge in [0, 0.05) is 18.4 Å². The van der Waals surface area contributed by atoms with Crippen LogP contribution in [0, 0.1) is 11.3 Å². The van der Waals surface area contributed by atoms with Gasteiger partial charge in [0.25, 0.3) is 0 Å². The monoisotopic (exact) mass is 315 g/mol. The zero-order valence-electron chi connectivity index (χ0n) is 12.3. The predicted molar refractivity (Wildman–Crippen MR) is 84.3 cm³/mol. The third kappa shape index (κ3) is 2.46. The lowest BCUT2D eigenvalue weighted by atomic mass is 9.76. The number of thioether (sulfide) groups is 1. The molecule has 1 heterocycles. The molecule has 5 nitrogen and oxygen atoms in total. The lowest BCUT2D eigenvalue weighted by Crippen LogP contribution is -2.54. The predicted octanol–water partition coefficient (Wildman–Crippen LogP) is 2.39. The first-order chi connectivity index (χ1) is 10.6. The summed E-state index contributed by atoms with van der Waals surface area (Å²) in [6.45, 7) is 0. The van der Waals surface area contributed by atoms with Crippen molar-refractivity contribution in [3.8, 4) is 6.07 Å². The molecule has 0 aromatic heterocycles. The van der Waals surface area contributed by atoms with Gasteiger partial charge < -0.3 is 10.2 Å². The maximum absolute atomic E-state index is 12.4. The number of hydrogen-bond acceptors (Lipinski definition) is 4. The van der Waals surface area contributed by atoms with Crippen LogP contribution in [-0.4, -0.2) is 34.6 Å². The molecule has 2 amide bonds. The summed E-state index contributed by atoms with van der Waals surface area (Å²) in [5.74, 6) is -0.293. The number of para-hydroxylation sites is 1. The summed E-state index contributed by atoms with van der Waals surface area (Å²) in [4.78, 5) is 27.1. The van der Waals surface area contributed by atoms with E-state index in [-0.39, 0.29) is 18.2 Å². The summed E-state index contributed by atoms with van der Waals surface area (Å²) in [5.41, 5.74) is 0.132. The van der Waals surface area contributed by atoms with Crippen molar-refractivity contribution in [3.05, 3.63) is 24.3 Å². The normalized spacial score (nSPS) is 21.8. The number of carbonyl (C=O) groups excluding carboxylic acids is 2. The van der Waals surface area contributed by atoms with Crippen LogP contribution >= 0.6 is 11.8 Å². The van der Waals surface area contributed by atoms with Crippen molar-refractivity contribution in [1.29, 1.82) is 5.26 Å². The first kappa shape index (κ1) is 14.9. The van der Waals surface area contributed by atoms with E-state index in [0.29, 0.717) is 0 Å². The molecule has 6 heteroatoms. The van der Waals surface area contributed by atoms with Gasteiger partial charge in [0.15, 0.2) is 0 Å². The number of nitrogens with zero attached hydrogens (tertiary/aromatic N) is 2. The third-order valence-electron chi connectivity index (χ3n) is 4.47. The minimum atomic E-state index is -0.662. The zero-order chi connectivity index (χ0) is 15.7. The van der Waals surface area contributed by atoms with Gasteiger partial charge in [-0.25, -0.2) is 0 Å².